The summed E-state index contributed by atoms with van der Waals surface area (Å²) in [5.74, 6) is 1.30. The molecule has 0 N–H and O–H groups in total. The molecule has 0 spiro atoms. The Hall–Kier alpha value is -1.55. The molecule has 1 aromatic carbocycles. The molecule has 0 radical (unpaired) electrons. The Labute approximate surface area is 161 Å². The van der Waals surface area contributed by atoms with E-state index in [1.165, 1.54) is 0 Å². The highest BCUT2D eigenvalue weighted by Crippen LogP contribution is 2.24. The number of carbonyl (C=O) groups is 2. The summed E-state index contributed by atoms with van der Waals surface area (Å²) in [7, 11) is 0. The largest absolute Gasteiger partial charge is 0.343 e. The van der Waals surface area contributed by atoms with Crippen molar-refractivity contribution >= 4 is 23.4 Å². The van der Waals surface area contributed by atoms with Gasteiger partial charge < -0.3 is 9.80 Å². The lowest BCUT2D eigenvalue weighted by Crippen LogP contribution is -2.46. The summed E-state index contributed by atoms with van der Waals surface area (Å²) in [6.07, 6.45) is 4.97. The van der Waals surface area contributed by atoms with E-state index in [9.17, 15) is 9.59 Å². The number of benzene rings is 1. The zero-order valence-electron chi connectivity index (χ0n) is 15.6. The number of hydrogen-bond donors (Lipinski definition) is 0. The standard InChI is InChI=1S/C21H29ClN2O2/c1-16-8-12-24(13-9-16)21(26)18-10-14-23(15-11-18)20(25)7-6-17-4-2-3-5-19(17)22/h2-5,16,18H,6-15H2,1H3. The first-order valence-corrected chi connectivity index (χ1v) is 10.2. The van der Waals surface area contributed by atoms with Gasteiger partial charge in [-0.05, 0) is 49.7 Å². The first-order chi connectivity index (χ1) is 12.5. The van der Waals surface area contributed by atoms with E-state index in [0.29, 0.717) is 31.8 Å². The number of rotatable bonds is 4. The number of amides is 2. The third-order valence-electron chi connectivity index (χ3n) is 5.86. The SMILES string of the molecule is CC1CCN(C(=O)C2CCN(C(=O)CCc3ccccc3Cl)CC2)CC1. The molecular weight excluding hydrogens is 348 g/mol. The average molecular weight is 377 g/mol. The average Bonchev–Trinajstić information content (AvgIpc) is 2.67. The van der Waals surface area contributed by atoms with E-state index in [1.807, 2.05) is 34.1 Å². The van der Waals surface area contributed by atoms with Crippen LogP contribution >= 0.6 is 11.6 Å². The van der Waals surface area contributed by atoms with Crippen LogP contribution in [-0.4, -0.2) is 47.8 Å². The number of hydrogen-bond acceptors (Lipinski definition) is 2. The van der Waals surface area contributed by atoms with Gasteiger partial charge in [-0.25, -0.2) is 0 Å². The van der Waals surface area contributed by atoms with Gasteiger partial charge in [0.25, 0.3) is 0 Å². The number of likely N-dealkylation sites (tertiary alicyclic amines) is 2. The van der Waals surface area contributed by atoms with Gasteiger partial charge in [0, 0.05) is 43.5 Å². The van der Waals surface area contributed by atoms with E-state index >= 15 is 0 Å². The number of piperidine rings is 2. The molecule has 0 bridgehead atoms. The predicted molar refractivity (Wildman–Crippen MR) is 104 cm³/mol. The maximum absolute atomic E-state index is 12.7. The lowest BCUT2D eigenvalue weighted by Gasteiger charge is -2.36. The quantitative estimate of drug-likeness (QED) is 0.802. The predicted octanol–water partition coefficient (Wildman–Crippen LogP) is 3.77. The highest BCUT2D eigenvalue weighted by Gasteiger charge is 2.31. The minimum atomic E-state index is 0.0935. The first kappa shape index (κ1) is 19.2. The Morgan fingerprint density at radius 1 is 1.00 bits per heavy atom. The summed E-state index contributed by atoms with van der Waals surface area (Å²) < 4.78 is 0. The number of halogens is 1. The van der Waals surface area contributed by atoms with Gasteiger partial charge in [0.05, 0.1) is 0 Å². The minimum Gasteiger partial charge on any atom is -0.343 e. The highest BCUT2D eigenvalue weighted by molar-refractivity contribution is 6.31. The number of aryl methyl sites for hydroxylation is 1. The van der Waals surface area contributed by atoms with Gasteiger partial charge in [0.2, 0.25) is 11.8 Å². The summed E-state index contributed by atoms with van der Waals surface area (Å²) in [4.78, 5) is 29.1. The molecular formula is C21H29ClN2O2. The Bertz CT molecular complexity index is 633. The van der Waals surface area contributed by atoms with Crippen LogP contribution in [-0.2, 0) is 16.0 Å². The van der Waals surface area contributed by atoms with Crippen molar-refractivity contribution in [3.63, 3.8) is 0 Å². The normalized spacial score (nSPS) is 19.6. The second kappa shape index (κ2) is 8.90. The van der Waals surface area contributed by atoms with Gasteiger partial charge in [0.15, 0.2) is 0 Å². The fraction of sp³-hybridized carbons (Fsp3) is 0.619. The molecule has 2 heterocycles. The van der Waals surface area contributed by atoms with Crippen LogP contribution in [0, 0.1) is 11.8 Å². The Morgan fingerprint density at radius 3 is 2.27 bits per heavy atom. The summed E-state index contributed by atoms with van der Waals surface area (Å²) in [6, 6.07) is 7.68. The van der Waals surface area contributed by atoms with Gasteiger partial charge in [-0.2, -0.15) is 0 Å². The van der Waals surface area contributed by atoms with E-state index in [2.05, 4.69) is 6.92 Å². The minimum absolute atomic E-state index is 0.0935. The summed E-state index contributed by atoms with van der Waals surface area (Å²) >= 11 is 6.16. The molecule has 4 nitrogen and oxygen atoms in total. The van der Waals surface area contributed by atoms with Crippen molar-refractivity contribution < 1.29 is 9.59 Å². The molecule has 2 aliphatic rings. The van der Waals surface area contributed by atoms with Crippen LogP contribution < -0.4 is 0 Å². The smallest absolute Gasteiger partial charge is 0.225 e. The fourth-order valence-electron chi connectivity index (χ4n) is 3.96. The topological polar surface area (TPSA) is 40.6 Å². The second-order valence-corrected chi connectivity index (χ2v) is 8.16. The zero-order chi connectivity index (χ0) is 18.5. The van der Waals surface area contributed by atoms with Gasteiger partial charge in [-0.3, -0.25) is 9.59 Å². The van der Waals surface area contributed by atoms with Gasteiger partial charge in [-0.15, -0.1) is 0 Å². The molecule has 0 unspecified atom stereocenters. The van der Waals surface area contributed by atoms with Crippen molar-refractivity contribution in [1.29, 1.82) is 0 Å². The molecule has 2 saturated heterocycles. The lowest BCUT2D eigenvalue weighted by molar-refractivity contribution is -0.141. The summed E-state index contributed by atoms with van der Waals surface area (Å²) in [5, 5.41) is 0.723. The fourth-order valence-corrected chi connectivity index (χ4v) is 4.19. The molecule has 2 aliphatic heterocycles. The van der Waals surface area contributed by atoms with Crippen LogP contribution in [0.15, 0.2) is 24.3 Å². The summed E-state index contributed by atoms with van der Waals surface area (Å²) in [5.41, 5.74) is 1.02. The molecule has 1 aromatic rings. The van der Waals surface area contributed by atoms with E-state index in [0.717, 1.165) is 55.3 Å². The van der Waals surface area contributed by atoms with Gasteiger partial charge in [0.1, 0.15) is 0 Å². The van der Waals surface area contributed by atoms with E-state index < -0.39 is 0 Å². The second-order valence-electron chi connectivity index (χ2n) is 7.75. The Kier molecular flexibility index (Phi) is 6.58. The van der Waals surface area contributed by atoms with E-state index in [-0.39, 0.29) is 11.8 Å². The molecule has 2 fully saturated rings. The van der Waals surface area contributed by atoms with Crippen LogP contribution in [0.2, 0.25) is 5.02 Å². The molecule has 0 aliphatic carbocycles. The molecule has 2 amide bonds. The highest BCUT2D eigenvalue weighted by atomic mass is 35.5. The number of carbonyl (C=O) groups excluding carboxylic acids is 2. The number of nitrogens with zero attached hydrogens (tertiary/aromatic N) is 2. The molecule has 5 heteroatoms. The van der Waals surface area contributed by atoms with Gasteiger partial charge >= 0.3 is 0 Å². The third-order valence-corrected chi connectivity index (χ3v) is 6.23. The zero-order valence-corrected chi connectivity index (χ0v) is 16.4. The molecule has 0 atom stereocenters. The molecule has 26 heavy (non-hydrogen) atoms. The first-order valence-electron chi connectivity index (χ1n) is 9.84. The Morgan fingerprint density at radius 2 is 1.62 bits per heavy atom. The summed E-state index contributed by atoms with van der Waals surface area (Å²) in [6.45, 7) is 5.45. The third kappa shape index (κ3) is 4.79. The Balaban J connectivity index is 1.43. The maximum atomic E-state index is 12.7. The monoisotopic (exact) mass is 376 g/mol. The van der Waals surface area contributed by atoms with E-state index in [1.54, 1.807) is 0 Å². The lowest BCUT2D eigenvalue weighted by atomic mass is 9.92. The van der Waals surface area contributed by atoms with Crippen LogP contribution in [0.25, 0.3) is 0 Å². The van der Waals surface area contributed by atoms with Crippen LogP contribution in [0.1, 0.15) is 44.6 Å². The molecule has 3 rings (SSSR count). The molecule has 142 valence electrons. The van der Waals surface area contributed by atoms with Crippen molar-refractivity contribution in [1.82, 2.24) is 9.80 Å². The van der Waals surface area contributed by atoms with Crippen LogP contribution in [0.3, 0.4) is 0 Å². The molecule has 0 saturated carbocycles. The van der Waals surface area contributed by atoms with Crippen molar-refractivity contribution in [2.24, 2.45) is 11.8 Å². The maximum Gasteiger partial charge on any atom is 0.225 e. The van der Waals surface area contributed by atoms with Crippen molar-refractivity contribution in [2.75, 3.05) is 26.2 Å². The van der Waals surface area contributed by atoms with E-state index in [4.69, 9.17) is 11.6 Å². The molecule has 0 aromatic heterocycles. The van der Waals surface area contributed by atoms with Crippen LogP contribution in [0.5, 0.6) is 0 Å². The van der Waals surface area contributed by atoms with Crippen LogP contribution in [0.4, 0.5) is 0 Å². The van der Waals surface area contributed by atoms with Crippen molar-refractivity contribution in [3.8, 4) is 0 Å². The van der Waals surface area contributed by atoms with Gasteiger partial charge in [-0.1, -0.05) is 36.7 Å². The van der Waals surface area contributed by atoms with Crippen molar-refractivity contribution in [3.05, 3.63) is 34.9 Å². The van der Waals surface area contributed by atoms with Crippen molar-refractivity contribution in [2.45, 2.75) is 45.4 Å².